The summed E-state index contributed by atoms with van der Waals surface area (Å²) in [5.74, 6) is -0.512. The molecule has 1 aromatic heterocycles. The highest BCUT2D eigenvalue weighted by Crippen LogP contribution is 2.37. The molecule has 166 valence electrons. The molecule has 31 heavy (non-hydrogen) atoms. The van der Waals surface area contributed by atoms with Gasteiger partial charge in [-0.15, -0.1) is 11.3 Å². The summed E-state index contributed by atoms with van der Waals surface area (Å²) in [7, 11) is 0. The van der Waals surface area contributed by atoms with Gasteiger partial charge in [-0.2, -0.15) is 0 Å². The molecule has 2 N–H and O–H groups in total. The number of benzene rings is 1. The molecule has 1 atom stereocenters. The second-order valence-corrected chi connectivity index (χ2v) is 9.35. The van der Waals surface area contributed by atoms with E-state index in [1.165, 1.54) is 25.0 Å². The number of carbonyl (C=O) groups excluding carboxylic acids is 1. The lowest BCUT2D eigenvalue weighted by molar-refractivity contribution is -0.152. The van der Waals surface area contributed by atoms with Crippen LogP contribution in [0.2, 0.25) is 0 Å². The number of thiazole rings is 1. The lowest BCUT2D eigenvalue weighted by Crippen LogP contribution is -2.35. The summed E-state index contributed by atoms with van der Waals surface area (Å²) in [5.41, 5.74) is 1.84. The predicted molar refractivity (Wildman–Crippen MR) is 127 cm³/mol. The van der Waals surface area contributed by atoms with Gasteiger partial charge in [0.05, 0.1) is 11.1 Å². The zero-order valence-corrected chi connectivity index (χ0v) is 19.2. The molecule has 1 heterocycles. The molecule has 0 spiro atoms. The summed E-state index contributed by atoms with van der Waals surface area (Å²) in [6.07, 6.45) is 10.4. The van der Waals surface area contributed by atoms with Gasteiger partial charge in [-0.1, -0.05) is 51.3 Å². The minimum atomic E-state index is -0.999. The SMILES string of the molecule is CCCCC(CC)(CC(=O)Nc1cccc(C=Cc2nc(C3CCC3)cs2)c1)C(=O)O. The Balaban J connectivity index is 1.63. The number of nitrogens with one attached hydrogen (secondary N) is 1. The maximum absolute atomic E-state index is 12.6. The number of carboxylic acids is 1. The first-order valence-electron chi connectivity index (χ1n) is 11.2. The Morgan fingerprint density at radius 3 is 2.74 bits per heavy atom. The highest BCUT2D eigenvalue weighted by atomic mass is 32.1. The lowest BCUT2D eigenvalue weighted by atomic mass is 9.77. The highest BCUT2D eigenvalue weighted by Gasteiger charge is 2.38. The smallest absolute Gasteiger partial charge is 0.310 e. The fourth-order valence-electron chi connectivity index (χ4n) is 3.91. The predicted octanol–water partition coefficient (Wildman–Crippen LogP) is 6.58. The van der Waals surface area contributed by atoms with E-state index in [-0.39, 0.29) is 12.3 Å². The van der Waals surface area contributed by atoms with Crippen molar-refractivity contribution < 1.29 is 14.7 Å². The van der Waals surface area contributed by atoms with Crippen molar-refractivity contribution in [2.24, 2.45) is 5.41 Å². The molecule has 0 radical (unpaired) electrons. The molecule has 5 nitrogen and oxygen atoms in total. The average molecular weight is 441 g/mol. The maximum atomic E-state index is 12.6. The quantitative estimate of drug-likeness (QED) is 0.413. The minimum Gasteiger partial charge on any atom is -0.481 e. The molecule has 2 aromatic rings. The topological polar surface area (TPSA) is 79.3 Å². The standard InChI is InChI=1S/C25H32N2O3S/c1-3-5-14-25(4-2,24(29)30)16-22(28)26-20-11-6-8-18(15-20)12-13-23-27-21(17-31-23)19-9-7-10-19/h6,8,11-13,15,17,19H,3-5,7,9-10,14,16H2,1-2H3,(H,26,28)(H,29,30). The van der Waals surface area contributed by atoms with Crippen LogP contribution in [0.1, 0.15) is 87.4 Å². The van der Waals surface area contributed by atoms with Crippen LogP contribution in [-0.4, -0.2) is 22.0 Å². The van der Waals surface area contributed by atoms with Crippen molar-refractivity contribution >= 4 is 41.1 Å². The summed E-state index contributed by atoms with van der Waals surface area (Å²) in [6, 6.07) is 7.59. The molecular weight excluding hydrogens is 408 g/mol. The van der Waals surface area contributed by atoms with E-state index in [1.54, 1.807) is 11.3 Å². The molecule has 1 aliphatic rings. The van der Waals surface area contributed by atoms with Crippen molar-refractivity contribution in [2.45, 2.75) is 71.1 Å². The largest absolute Gasteiger partial charge is 0.481 e. The normalized spacial score (nSPS) is 16.1. The van der Waals surface area contributed by atoms with E-state index in [4.69, 9.17) is 4.98 Å². The van der Waals surface area contributed by atoms with Gasteiger partial charge in [0.25, 0.3) is 0 Å². The number of aromatic nitrogens is 1. The van der Waals surface area contributed by atoms with Crippen LogP contribution in [0.15, 0.2) is 29.6 Å². The third-order valence-electron chi connectivity index (χ3n) is 6.29. The summed E-state index contributed by atoms with van der Waals surface area (Å²) in [5, 5.41) is 15.8. The van der Waals surface area contributed by atoms with Crippen molar-refractivity contribution in [3.8, 4) is 0 Å². The van der Waals surface area contributed by atoms with Crippen LogP contribution in [0.25, 0.3) is 12.2 Å². The highest BCUT2D eigenvalue weighted by molar-refractivity contribution is 7.10. The number of nitrogens with zero attached hydrogens (tertiary/aromatic N) is 1. The van der Waals surface area contributed by atoms with Gasteiger partial charge in [0.1, 0.15) is 5.01 Å². The number of carbonyl (C=O) groups is 2. The van der Waals surface area contributed by atoms with Gasteiger partial charge in [0.2, 0.25) is 5.91 Å². The molecular formula is C25H32N2O3S. The Labute approximate surface area is 188 Å². The Morgan fingerprint density at radius 1 is 1.29 bits per heavy atom. The minimum absolute atomic E-state index is 0.0119. The number of hydrogen-bond donors (Lipinski definition) is 2. The van der Waals surface area contributed by atoms with Crippen LogP contribution >= 0.6 is 11.3 Å². The Bertz CT molecular complexity index is 932. The van der Waals surface area contributed by atoms with Crippen LogP contribution in [-0.2, 0) is 9.59 Å². The van der Waals surface area contributed by atoms with Crippen molar-refractivity contribution in [3.05, 3.63) is 45.9 Å². The maximum Gasteiger partial charge on any atom is 0.310 e. The van der Waals surface area contributed by atoms with E-state index < -0.39 is 11.4 Å². The molecule has 1 aromatic carbocycles. The van der Waals surface area contributed by atoms with Crippen molar-refractivity contribution in [2.75, 3.05) is 5.32 Å². The molecule has 1 saturated carbocycles. The number of carboxylic acid groups (broad SMARTS) is 1. The zero-order chi connectivity index (χ0) is 22.3. The van der Waals surface area contributed by atoms with Crippen LogP contribution in [0.5, 0.6) is 0 Å². The van der Waals surface area contributed by atoms with Gasteiger partial charge in [0, 0.05) is 23.4 Å². The Morgan fingerprint density at radius 2 is 2.10 bits per heavy atom. The number of amides is 1. The van der Waals surface area contributed by atoms with Crippen LogP contribution in [0.4, 0.5) is 5.69 Å². The molecule has 1 unspecified atom stereocenters. The first-order chi connectivity index (χ1) is 15.0. The number of aliphatic carboxylic acids is 1. The number of unbranched alkanes of at least 4 members (excludes halogenated alkanes) is 1. The number of rotatable bonds is 11. The van der Waals surface area contributed by atoms with Crippen LogP contribution in [0, 0.1) is 5.41 Å². The molecule has 1 amide bonds. The van der Waals surface area contributed by atoms with Gasteiger partial charge in [-0.25, -0.2) is 4.98 Å². The van der Waals surface area contributed by atoms with E-state index in [0.717, 1.165) is 23.4 Å². The second-order valence-electron chi connectivity index (χ2n) is 8.46. The third kappa shape index (κ3) is 6.03. The van der Waals surface area contributed by atoms with Gasteiger partial charge >= 0.3 is 5.97 Å². The van der Waals surface area contributed by atoms with Crippen LogP contribution in [0.3, 0.4) is 0 Å². The fraction of sp³-hybridized carbons (Fsp3) is 0.480. The number of hydrogen-bond acceptors (Lipinski definition) is 4. The van der Waals surface area contributed by atoms with Crippen molar-refractivity contribution in [3.63, 3.8) is 0 Å². The summed E-state index contributed by atoms with van der Waals surface area (Å²) in [4.78, 5) is 29.3. The van der Waals surface area contributed by atoms with Gasteiger partial charge < -0.3 is 10.4 Å². The van der Waals surface area contributed by atoms with Crippen molar-refractivity contribution in [1.82, 2.24) is 4.98 Å². The molecule has 0 aliphatic heterocycles. The van der Waals surface area contributed by atoms with E-state index in [1.807, 2.05) is 50.3 Å². The van der Waals surface area contributed by atoms with Gasteiger partial charge in [-0.3, -0.25) is 9.59 Å². The average Bonchev–Trinajstić information content (AvgIpc) is 3.16. The molecule has 6 heteroatoms. The molecule has 1 aliphatic carbocycles. The van der Waals surface area contributed by atoms with E-state index in [0.29, 0.717) is 24.4 Å². The molecule has 3 rings (SSSR count). The first kappa shape index (κ1) is 23.2. The van der Waals surface area contributed by atoms with Crippen molar-refractivity contribution in [1.29, 1.82) is 0 Å². The molecule has 0 bridgehead atoms. The molecule has 0 saturated heterocycles. The van der Waals surface area contributed by atoms with E-state index in [2.05, 4.69) is 10.7 Å². The third-order valence-corrected chi connectivity index (χ3v) is 7.12. The zero-order valence-electron chi connectivity index (χ0n) is 18.4. The Hall–Kier alpha value is -2.47. The number of anilines is 1. The second kappa shape index (κ2) is 10.7. The monoisotopic (exact) mass is 440 g/mol. The summed E-state index contributed by atoms with van der Waals surface area (Å²) >= 11 is 1.66. The van der Waals surface area contributed by atoms with Gasteiger partial charge in [-0.05, 0) is 49.5 Å². The fourth-order valence-corrected chi connectivity index (χ4v) is 4.70. The molecule has 1 fully saturated rings. The van der Waals surface area contributed by atoms with Crippen LogP contribution < -0.4 is 5.32 Å². The lowest BCUT2D eigenvalue weighted by Gasteiger charge is -2.27. The summed E-state index contributed by atoms with van der Waals surface area (Å²) in [6.45, 7) is 3.87. The Kier molecular flexibility index (Phi) is 8.02. The summed E-state index contributed by atoms with van der Waals surface area (Å²) < 4.78 is 0. The van der Waals surface area contributed by atoms with Gasteiger partial charge in [0.15, 0.2) is 0 Å². The van der Waals surface area contributed by atoms with E-state index in [9.17, 15) is 14.7 Å². The first-order valence-corrected chi connectivity index (χ1v) is 12.1. The van der Waals surface area contributed by atoms with E-state index >= 15 is 0 Å².